The zero-order chi connectivity index (χ0) is 27.4. The summed E-state index contributed by atoms with van der Waals surface area (Å²) in [6.45, 7) is 2.36. The van der Waals surface area contributed by atoms with Gasteiger partial charge in [-0.15, -0.1) is 0 Å². The molecule has 0 saturated carbocycles. The summed E-state index contributed by atoms with van der Waals surface area (Å²) in [6.07, 6.45) is 5.87. The van der Waals surface area contributed by atoms with E-state index in [1.165, 1.54) is 7.11 Å². The molecule has 8 heteroatoms. The van der Waals surface area contributed by atoms with E-state index in [9.17, 15) is 14.7 Å². The fraction of sp³-hybridized carbons (Fsp3) is 0.467. The van der Waals surface area contributed by atoms with Crippen LogP contribution in [0.15, 0.2) is 64.6 Å². The third kappa shape index (κ3) is 8.50. The van der Waals surface area contributed by atoms with Gasteiger partial charge in [0.15, 0.2) is 5.66 Å². The first-order valence-corrected chi connectivity index (χ1v) is 13.7. The number of hydrogen-bond acceptors (Lipinski definition) is 6. The van der Waals surface area contributed by atoms with E-state index in [2.05, 4.69) is 22.2 Å². The van der Waals surface area contributed by atoms with Crippen molar-refractivity contribution in [1.29, 1.82) is 0 Å². The predicted molar refractivity (Wildman–Crippen MR) is 152 cm³/mol. The Labute approximate surface area is 230 Å². The second-order valence-corrected chi connectivity index (χ2v) is 10.1. The number of halogens is 1. The molecule has 1 unspecified atom stereocenters. The molecule has 38 heavy (non-hydrogen) atoms. The molecule has 2 atom stereocenters. The summed E-state index contributed by atoms with van der Waals surface area (Å²) in [5.41, 5.74) is 2.81. The Kier molecular flexibility index (Phi) is 11.5. The third-order valence-electron chi connectivity index (χ3n) is 6.80. The Hall–Kier alpha value is -3.03. The van der Waals surface area contributed by atoms with Gasteiger partial charge in [-0.2, -0.15) is 0 Å². The van der Waals surface area contributed by atoms with Crippen molar-refractivity contribution in [2.45, 2.75) is 76.4 Å². The van der Waals surface area contributed by atoms with Gasteiger partial charge in [-0.05, 0) is 42.4 Å². The summed E-state index contributed by atoms with van der Waals surface area (Å²) in [5, 5.41) is 12.8. The van der Waals surface area contributed by atoms with Gasteiger partial charge in [-0.1, -0.05) is 86.0 Å². The summed E-state index contributed by atoms with van der Waals surface area (Å²) < 4.78 is 4.97. The van der Waals surface area contributed by atoms with Gasteiger partial charge in [0.05, 0.1) is 19.6 Å². The summed E-state index contributed by atoms with van der Waals surface area (Å²) in [5.74, 6) is -0.567. The van der Waals surface area contributed by atoms with Crippen LogP contribution in [0.3, 0.4) is 0 Å². The molecule has 1 aliphatic heterocycles. The number of ether oxygens (including phenoxy) is 1. The molecule has 0 saturated heterocycles. The van der Waals surface area contributed by atoms with Gasteiger partial charge in [-0.25, -0.2) is 4.99 Å². The van der Waals surface area contributed by atoms with E-state index >= 15 is 0 Å². The SMILES string of the molecule is CCCCC1(Cc2ccc(CNC(=O)CCCC[C@H](C(=O)OC)c3ccccc3)cc2)N=C(Cl)C(CO)=N1. The second kappa shape index (κ2) is 14.8. The lowest BCUT2D eigenvalue weighted by Gasteiger charge is -2.23. The number of nitrogens with one attached hydrogen (secondary N) is 1. The number of unbranched alkanes of at least 4 members (excludes halogenated alkanes) is 2. The van der Waals surface area contributed by atoms with E-state index in [4.69, 9.17) is 16.3 Å². The van der Waals surface area contributed by atoms with Crippen molar-refractivity contribution in [1.82, 2.24) is 5.32 Å². The van der Waals surface area contributed by atoms with Crippen molar-refractivity contribution in [3.63, 3.8) is 0 Å². The second-order valence-electron chi connectivity index (χ2n) is 9.71. The van der Waals surface area contributed by atoms with Crippen LogP contribution in [-0.4, -0.2) is 47.2 Å². The standard InChI is InChI=1S/C30H38ClN3O4/c1-3-4-18-30(33-26(21-35)28(31)34-30)19-22-14-16-23(17-15-22)20-32-27(36)13-9-8-12-25(29(37)38-2)24-10-6-5-7-11-24/h5-7,10-11,14-17,25,35H,3-4,8-9,12-13,18-21H2,1-2H3,(H,32,36)/t25-,30?/m0/s1. The van der Waals surface area contributed by atoms with Gasteiger partial charge >= 0.3 is 5.97 Å². The number of carbonyl (C=O) groups excluding carboxylic acids is 2. The molecule has 2 aromatic carbocycles. The number of aliphatic imine (C=N–C) groups is 2. The van der Waals surface area contributed by atoms with Gasteiger partial charge in [0.2, 0.25) is 5.91 Å². The average molecular weight is 540 g/mol. The molecule has 1 heterocycles. The maximum absolute atomic E-state index is 12.4. The molecule has 7 nitrogen and oxygen atoms in total. The van der Waals surface area contributed by atoms with E-state index in [0.717, 1.165) is 42.4 Å². The van der Waals surface area contributed by atoms with E-state index in [0.29, 0.717) is 43.1 Å². The zero-order valence-corrected chi connectivity index (χ0v) is 23.0. The van der Waals surface area contributed by atoms with Gasteiger partial charge in [0, 0.05) is 19.4 Å². The van der Waals surface area contributed by atoms with Crippen LogP contribution >= 0.6 is 11.6 Å². The normalized spacial score (nSPS) is 17.5. The first-order chi connectivity index (χ1) is 18.4. The number of carbonyl (C=O) groups is 2. The Morgan fingerprint density at radius 2 is 1.74 bits per heavy atom. The van der Waals surface area contributed by atoms with Crippen LogP contribution in [0.5, 0.6) is 0 Å². The Morgan fingerprint density at radius 1 is 1.03 bits per heavy atom. The van der Waals surface area contributed by atoms with Crippen LogP contribution in [0.2, 0.25) is 0 Å². The fourth-order valence-corrected chi connectivity index (χ4v) is 4.94. The van der Waals surface area contributed by atoms with Gasteiger partial charge in [0.1, 0.15) is 10.9 Å². The maximum Gasteiger partial charge on any atom is 0.313 e. The molecule has 1 amide bonds. The largest absolute Gasteiger partial charge is 0.469 e. The van der Waals surface area contributed by atoms with Crippen molar-refractivity contribution < 1.29 is 19.4 Å². The number of esters is 1. The summed E-state index contributed by atoms with van der Waals surface area (Å²) in [4.78, 5) is 33.8. The number of rotatable bonds is 15. The quantitative estimate of drug-likeness (QED) is 0.236. The van der Waals surface area contributed by atoms with Crippen LogP contribution in [-0.2, 0) is 27.3 Å². The van der Waals surface area contributed by atoms with Crippen molar-refractivity contribution in [3.8, 4) is 0 Å². The topological polar surface area (TPSA) is 100 Å². The minimum atomic E-state index is -0.658. The predicted octanol–water partition coefficient (Wildman–Crippen LogP) is 5.33. The first kappa shape index (κ1) is 29.5. The molecule has 0 aromatic heterocycles. The molecule has 0 spiro atoms. The molecule has 0 radical (unpaired) electrons. The van der Waals surface area contributed by atoms with Gasteiger partial charge in [-0.3, -0.25) is 14.6 Å². The molecule has 0 aliphatic carbocycles. The van der Waals surface area contributed by atoms with E-state index in [-0.39, 0.29) is 24.4 Å². The van der Waals surface area contributed by atoms with E-state index in [1.54, 1.807) is 0 Å². The Balaban J connectivity index is 1.45. The minimum absolute atomic E-state index is 0.0114. The highest BCUT2D eigenvalue weighted by Gasteiger charge is 2.35. The Bertz CT molecular complexity index is 1120. The van der Waals surface area contributed by atoms with E-state index < -0.39 is 5.66 Å². The van der Waals surface area contributed by atoms with Crippen molar-refractivity contribution in [3.05, 3.63) is 71.3 Å². The smallest absolute Gasteiger partial charge is 0.313 e. The molecule has 3 rings (SSSR count). The van der Waals surface area contributed by atoms with Crippen molar-refractivity contribution >= 4 is 34.4 Å². The lowest BCUT2D eigenvalue weighted by atomic mass is 9.93. The highest BCUT2D eigenvalue weighted by Crippen LogP contribution is 2.31. The average Bonchev–Trinajstić information content (AvgIpc) is 3.26. The minimum Gasteiger partial charge on any atom is -0.469 e. The molecule has 2 N–H and O–H groups in total. The van der Waals surface area contributed by atoms with Crippen LogP contribution < -0.4 is 5.32 Å². The third-order valence-corrected chi connectivity index (χ3v) is 7.10. The summed E-state index contributed by atoms with van der Waals surface area (Å²) in [6, 6.07) is 17.7. The Morgan fingerprint density at radius 3 is 2.37 bits per heavy atom. The van der Waals surface area contributed by atoms with Gasteiger partial charge < -0.3 is 15.2 Å². The molecule has 1 aliphatic rings. The number of aliphatic hydroxyl groups is 1. The summed E-state index contributed by atoms with van der Waals surface area (Å²) in [7, 11) is 1.40. The zero-order valence-electron chi connectivity index (χ0n) is 22.3. The molecular formula is C30H38ClN3O4. The lowest BCUT2D eigenvalue weighted by Crippen LogP contribution is -2.25. The number of nitrogens with zero attached hydrogens (tertiary/aromatic N) is 2. The molecule has 0 fully saturated rings. The number of methoxy groups -OCH3 is 1. The first-order valence-electron chi connectivity index (χ1n) is 13.3. The monoisotopic (exact) mass is 539 g/mol. The van der Waals surface area contributed by atoms with Gasteiger partial charge in [0.25, 0.3) is 0 Å². The molecule has 2 aromatic rings. The van der Waals surface area contributed by atoms with Crippen LogP contribution in [0.25, 0.3) is 0 Å². The number of amides is 1. The van der Waals surface area contributed by atoms with Crippen molar-refractivity contribution in [2.75, 3.05) is 13.7 Å². The van der Waals surface area contributed by atoms with E-state index in [1.807, 2.05) is 54.6 Å². The maximum atomic E-state index is 12.4. The van der Waals surface area contributed by atoms with Crippen LogP contribution in [0.4, 0.5) is 0 Å². The molecule has 0 bridgehead atoms. The molecular weight excluding hydrogens is 502 g/mol. The highest BCUT2D eigenvalue weighted by molar-refractivity contribution is 6.84. The number of benzene rings is 2. The van der Waals surface area contributed by atoms with Crippen LogP contribution in [0.1, 0.15) is 74.5 Å². The number of hydrogen-bond donors (Lipinski definition) is 2. The summed E-state index contributed by atoms with van der Waals surface area (Å²) >= 11 is 6.21. The lowest BCUT2D eigenvalue weighted by molar-refractivity contribution is -0.142. The van der Waals surface area contributed by atoms with Crippen molar-refractivity contribution in [2.24, 2.45) is 9.98 Å². The van der Waals surface area contributed by atoms with Crippen LogP contribution in [0, 0.1) is 0 Å². The number of aliphatic hydroxyl groups excluding tert-OH is 1. The molecule has 204 valence electrons. The fourth-order valence-electron chi connectivity index (χ4n) is 4.68. The highest BCUT2D eigenvalue weighted by atomic mass is 35.5.